The van der Waals surface area contributed by atoms with Gasteiger partial charge in [-0.25, -0.2) is 4.98 Å². The number of ether oxygens (including phenoxy) is 1. The first-order valence-electron chi connectivity index (χ1n) is 5.04. The van der Waals surface area contributed by atoms with E-state index in [1.54, 1.807) is 19.2 Å². The second-order valence-corrected chi connectivity index (χ2v) is 4.58. The Morgan fingerprint density at radius 1 is 1.44 bits per heavy atom. The predicted molar refractivity (Wildman–Crippen MR) is 67.1 cm³/mol. The molecule has 0 aromatic carbocycles. The molecular formula is C11H16Cl2N2O. The van der Waals surface area contributed by atoms with E-state index in [2.05, 4.69) is 16.8 Å². The molecule has 1 aromatic heterocycles. The Kier molecular flexibility index (Phi) is 5.49. The van der Waals surface area contributed by atoms with Crippen molar-refractivity contribution in [3.05, 3.63) is 28.0 Å². The lowest BCUT2D eigenvalue weighted by atomic mass is 10.2. The second kappa shape index (κ2) is 6.40. The van der Waals surface area contributed by atoms with Gasteiger partial charge >= 0.3 is 0 Å². The van der Waals surface area contributed by atoms with Crippen molar-refractivity contribution >= 4 is 23.2 Å². The lowest BCUT2D eigenvalue weighted by Gasteiger charge is -2.23. The summed E-state index contributed by atoms with van der Waals surface area (Å²) in [4.78, 5) is 6.33. The fraction of sp³-hybridized carbons (Fsp3) is 0.545. The maximum Gasteiger partial charge on any atom is 0.129 e. The number of pyridine rings is 1. The molecule has 0 amide bonds. The largest absolute Gasteiger partial charge is 0.383 e. The highest BCUT2D eigenvalue weighted by Crippen LogP contribution is 2.18. The first-order chi connectivity index (χ1) is 7.54. The number of hydrogen-bond acceptors (Lipinski definition) is 3. The predicted octanol–water partition coefficient (Wildman–Crippen LogP) is 2.86. The van der Waals surface area contributed by atoms with Gasteiger partial charge in [-0.3, -0.25) is 4.90 Å². The Hall–Kier alpha value is -0.350. The summed E-state index contributed by atoms with van der Waals surface area (Å²) < 4.78 is 5.10. The van der Waals surface area contributed by atoms with Crippen LogP contribution < -0.4 is 0 Å². The average molecular weight is 263 g/mol. The van der Waals surface area contributed by atoms with Crippen LogP contribution in [0.25, 0.3) is 0 Å². The van der Waals surface area contributed by atoms with E-state index in [1.165, 1.54) is 0 Å². The molecule has 0 aliphatic rings. The van der Waals surface area contributed by atoms with Gasteiger partial charge in [0.25, 0.3) is 0 Å². The van der Waals surface area contributed by atoms with Crippen molar-refractivity contribution in [2.75, 3.05) is 20.8 Å². The van der Waals surface area contributed by atoms with E-state index < -0.39 is 0 Å². The summed E-state index contributed by atoms with van der Waals surface area (Å²) in [5.41, 5.74) is 0.791. The molecular weight excluding hydrogens is 247 g/mol. The minimum absolute atomic E-state index is 0.307. The first-order valence-corrected chi connectivity index (χ1v) is 5.80. The maximum absolute atomic E-state index is 6.04. The number of likely N-dealkylation sites (N-methyl/N-ethyl adjacent to an activating group) is 1. The lowest BCUT2D eigenvalue weighted by molar-refractivity contribution is 0.111. The van der Waals surface area contributed by atoms with Gasteiger partial charge in [-0.05, 0) is 26.1 Å². The Morgan fingerprint density at radius 3 is 2.75 bits per heavy atom. The summed E-state index contributed by atoms with van der Waals surface area (Å²) in [6, 6.07) is 3.76. The summed E-state index contributed by atoms with van der Waals surface area (Å²) in [5.74, 6) is 0. The van der Waals surface area contributed by atoms with Crippen LogP contribution in [-0.2, 0) is 11.3 Å². The molecule has 1 unspecified atom stereocenters. The number of nitrogens with zero attached hydrogens (tertiary/aromatic N) is 2. The van der Waals surface area contributed by atoms with Crippen LogP contribution in [0.2, 0.25) is 10.2 Å². The second-order valence-electron chi connectivity index (χ2n) is 3.78. The molecule has 0 spiro atoms. The van der Waals surface area contributed by atoms with Gasteiger partial charge in [-0.2, -0.15) is 0 Å². The molecule has 0 aliphatic heterocycles. The quantitative estimate of drug-likeness (QED) is 0.764. The maximum atomic E-state index is 6.04. The highest BCUT2D eigenvalue weighted by atomic mass is 35.5. The van der Waals surface area contributed by atoms with Crippen LogP contribution in [0.15, 0.2) is 12.1 Å². The third-order valence-corrected chi connectivity index (χ3v) is 3.00. The molecule has 0 fully saturated rings. The topological polar surface area (TPSA) is 25.4 Å². The third-order valence-electron chi connectivity index (χ3n) is 2.44. The molecule has 1 rings (SSSR count). The van der Waals surface area contributed by atoms with Gasteiger partial charge in [0.05, 0.1) is 17.3 Å². The number of aromatic nitrogens is 1. The van der Waals surface area contributed by atoms with E-state index in [-0.39, 0.29) is 0 Å². The SMILES string of the molecule is COCC(C)N(C)Cc1nc(Cl)ccc1Cl. The van der Waals surface area contributed by atoms with Crippen molar-refractivity contribution in [3.63, 3.8) is 0 Å². The van der Waals surface area contributed by atoms with E-state index in [4.69, 9.17) is 27.9 Å². The van der Waals surface area contributed by atoms with E-state index in [0.29, 0.717) is 29.4 Å². The highest BCUT2D eigenvalue weighted by Gasteiger charge is 2.12. The van der Waals surface area contributed by atoms with Crippen molar-refractivity contribution in [1.82, 2.24) is 9.88 Å². The molecule has 1 atom stereocenters. The van der Waals surface area contributed by atoms with Crippen LogP contribution in [0.5, 0.6) is 0 Å². The normalized spacial score (nSPS) is 13.1. The van der Waals surface area contributed by atoms with Gasteiger partial charge in [0.15, 0.2) is 0 Å². The lowest BCUT2D eigenvalue weighted by Crippen LogP contribution is -2.32. The smallest absolute Gasteiger partial charge is 0.129 e. The van der Waals surface area contributed by atoms with E-state index >= 15 is 0 Å². The van der Waals surface area contributed by atoms with Crippen LogP contribution in [0.4, 0.5) is 0 Å². The molecule has 0 N–H and O–H groups in total. The Balaban J connectivity index is 2.68. The van der Waals surface area contributed by atoms with Crippen LogP contribution in [0.3, 0.4) is 0 Å². The van der Waals surface area contributed by atoms with Crippen LogP contribution in [0.1, 0.15) is 12.6 Å². The molecule has 0 aliphatic carbocycles. The van der Waals surface area contributed by atoms with Gasteiger partial charge in [-0.15, -0.1) is 0 Å². The summed E-state index contributed by atoms with van der Waals surface area (Å²) in [5, 5.41) is 1.10. The Morgan fingerprint density at radius 2 is 2.12 bits per heavy atom. The van der Waals surface area contributed by atoms with E-state index in [0.717, 1.165) is 5.69 Å². The van der Waals surface area contributed by atoms with Crippen LogP contribution >= 0.6 is 23.2 Å². The molecule has 5 heteroatoms. The summed E-state index contributed by atoms with van der Waals surface area (Å²) in [6.45, 7) is 3.42. The van der Waals surface area contributed by atoms with Crippen molar-refractivity contribution < 1.29 is 4.74 Å². The zero-order valence-corrected chi connectivity index (χ0v) is 11.2. The van der Waals surface area contributed by atoms with Crippen LogP contribution in [-0.4, -0.2) is 36.7 Å². The molecule has 0 radical (unpaired) electrons. The summed E-state index contributed by atoms with van der Waals surface area (Å²) in [6.07, 6.45) is 0. The minimum Gasteiger partial charge on any atom is -0.383 e. The molecule has 0 bridgehead atoms. The van der Waals surface area contributed by atoms with Crippen LogP contribution in [0, 0.1) is 0 Å². The summed E-state index contributed by atoms with van der Waals surface area (Å²) in [7, 11) is 3.69. The van der Waals surface area contributed by atoms with Crippen molar-refractivity contribution in [2.24, 2.45) is 0 Å². The van der Waals surface area contributed by atoms with Gasteiger partial charge in [0.1, 0.15) is 5.15 Å². The molecule has 1 aromatic rings. The molecule has 1 heterocycles. The average Bonchev–Trinajstić information content (AvgIpc) is 2.23. The number of halogens is 2. The monoisotopic (exact) mass is 262 g/mol. The van der Waals surface area contributed by atoms with E-state index in [9.17, 15) is 0 Å². The zero-order valence-electron chi connectivity index (χ0n) is 9.70. The fourth-order valence-corrected chi connectivity index (χ4v) is 1.66. The zero-order chi connectivity index (χ0) is 12.1. The fourth-order valence-electron chi connectivity index (χ4n) is 1.33. The summed E-state index contributed by atoms with van der Waals surface area (Å²) >= 11 is 11.9. The molecule has 3 nitrogen and oxygen atoms in total. The van der Waals surface area contributed by atoms with Crippen molar-refractivity contribution in [3.8, 4) is 0 Å². The Labute approximate surface area is 106 Å². The number of hydrogen-bond donors (Lipinski definition) is 0. The van der Waals surface area contributed by atoms with Gasteiger partial charge in [0.2, 0.25) is 0 Å². The molecule has 90 valence electrons. The molecule has 0 saturated carbocycles. The third kappa shape index (κ3) is 3.91. The van der Waals surface area contributed by atoms with E-state index in [1.807, 2.05) is 7.05 Å². The van der Waals surface area contributed by atoms with Crippen molar-refractivity contribution in [2.45, 2.75) is 19.5 Å². The Bertz CT molecular complexity index is 347. The molecule has 0 saturated heterocycles. The van der Waals surface area contributed by atoms with Gasteiger partial charge in [-0.1, -0.05) is 23.2 Å². The van der Waals surface area contributed by atoms with Crippen molar-refractivity contribution in [1.29, 1.82) is 0 Å². The first kappa shape index (κ1) is 13.7. The highest BCUT2D eigenvalue weighted by molar-refractivity contribution is 6.32. The molecule has 16 heavy (non-hydrogen) atoms. The standard InChI is InChI=1S/C11H16Cl2N2O/c1-8(7-16-3)15(2)6-10-9(12)4-5-11(13)14-10/h4-5,8H,6-7H2,1-3H3. The van der Waals surface area contributed by atoms with Gasteiger partial charge in [0, 0.05) is 19.7 Å². The van der Waals surface area contributed by atoms with Gasteiger partial charge < -0.3 is 4.74 Å². The minimum atomic E-state index is 0.307. The number of methoxy groups -OCH3 is 1. The number of rotatable bonds is 5.